The van der Waals surface area contributed by atoms with Crippen molar-refractivity contribution in [2.24, 2.45) is 0 Å². The van der Waals surface area contributed by atoms with Gasteiger partial charge in [-0.2, -0.15) is 0 Å². The van der Waals surface area contributed by atoms with Crippen LogP contribution in [0.1, 0.15) is 32.8 Å². The number of ether oxygens (including phenoxy) is 1. The van der Waals surface area contributed by atoms with E-state index in [2.05, 4.69) is 72.3 Å². The number of nitrogens with one attached hydrogen (secondary N) is 1. The van der Waals surface area contributed by atoms with E-state index in [1.807, 2.05) is 23.1 Å². The maximum absolute atomic E-state index is 13.3. The Morgan fingerprint density at radius 2 is 1.72 bits per heavy atom. The standard InChI is InChI=1S/C26H36N4O2/c1-4-30(23-14-15-28(19-23)18-22-10-6-5-7-11-22)26(31)27-24-12-8-9-13-25(24)29-16-20(2)32-21(3)17-29/h5-13,20-21,23H,4,14-19H2,1-3H3,(H,27,31)/t20-,21+,23-/m0/s1. The number of morpholine rings is 1. The van der Waals surface area contributed by atoms with E-state index in [9.17, 15) is 4.79 Å². The zero-order chi connectivity index (χ0) is 22.5. The quantitative estimate of drug-likeness (QED) is 0.728. The Balaban J connectivity index is 1.41. The number of carbonyl (C=O) groups is 1. The van der Waals surface area contributed by atoms with Gasteiger partial charge in [0.1, 0.15) is 0 Å². The second-order valence-corrected chi connectivity index (χ2v) is 9.06. The molecule has 0 unspecified atom stereocenters. The molecular weight excluding hydrogens is 400 g/mol. The Kier molecular flexibility index (Phi) is 7.33. The van der Waals surface area contributed by atoms with Crippen LogP contribution in [0.15, 0.2) is 54.6 Å². The summed E-state index contributed by atoms with van der Waals surface area (Å²) < 4.78 is 5.89. The third-order valence-electron chi connectivity index (χ3n) is 6.44. The Hall–Kier alpha value is -2.57. The summed E-state index contributed by atoms with van der Waals surface area (Å²) in [5.41, 5.74) is 3.26. The van der Waals surface area contributed by atoms with E-state index < -0.39 is 0 Å². The van der Waals surface area contributed by atoms with Gasteiger partial charge in [0.2, 0.25) is 0 Å². The number of urea groups is 1. The van der Waals surface area contributed by atoms with Crippen molar-refractivity contribution >= 4 is 17.4 Å². The van der Waals surface area contributed by atoms with Gasteiger partial charge in [-0.1, -0.05) is 42.5 Å². The summed E-state index contributed by atoms with van der Waals surface area (Å²) in [7, 11) is 0. The molecule has 2 heterocycles. The largest absolute Gasteiger partial charge is 0.372 e. The predicted octanol–water partition coefficient (Wildman–Crippen LogP) is 4.43. The minimum Gasteiger partial charge on any atom is -0.372 e. The lowest BCUT2D eigenvalue weighted by Gasteiger charge is -2.38. The molecule has 2 aromatic carbocycles. The van der Waals surface area contributed by atoms with E-state index in [4.69, 9.17) is 4.74 Å². The number of nitrogens with zero attached hydrogens (tertiary/aromatic N) is 3. The molecule has 4 rings (SSSR count). The smallest absolute Gasteiger partial charge is 0.322 e. The fourth-order valence-corrected chi connectivity index (χ4v) is 5.04. The number of anilines is 2. The topological polar surface area (TPSA) is 48.1 Å². The van der Waals surface area contributed by atoms with Crippen molar-refractivity contribution in [2.75, 3.05) is 42.9 Å². The molecule has 0 aromatic heterocycles. The number of hydrogen-bond donors (Lipinski definition) is 1. The van der Waals surface area contributed by atoms with E-state index in [1.54, 1.807) is 0 Å². The molecule has 2 saturated heterocycles. The van der Waals surface area contributed by atoms with Crippen LogP contribution >= 0.6 is 0 Å². The highest BCUT2D eigenvalue weighted by molar-refractivity contribution is 5.93. The van der Waals surface area contributed by atoms with E-state index >= 15 is 0 Å². The van der Waals surface area contributed by atoms with Crippen LogP contribution in [0.2, 0.25) is 0 Å². The van der Waals surface area contributed by atoms with Crippen molar-refractivity contribution in [1.82, 2.24) is 9.80 Å². The first-order chi connectivity index (χ1) is 15.5. The lowest BCUT2D eigenvalue weighted by atomic mass is 10.1. The fourth-order valence-electron chi connectivity index (χ4n) is 5.04. The first-order valence-electron chi connectivity index (χ1n) is 11.9. The zero-order valence-corrected chi connectivity index (χ0v) is 19.5. The minimum absolute atomic E-state index is 0.0131. The summed E-state index contributed by atoms with van der Waals surface area (Å²) in [5, 5.41) is 3.22. The molecule has 0 spiro atoms. The number of likely N-dealkylation sites (N-methyl/N-ethyl adjacent to an activating group) is 1. The molecule has 0 radical (unpaired) electrons. The highest BCUT2D eigenvalue weighted by atomic mass is 16.5. The Morgan fingerprint density at radius 1 is 1.03 bits per heavy atom. The molecule has 2 amide bonds. The fraction of sp³-hybridized carbons (Fsp3) is 0.500. The summed E-state index contributed by atoms with van der Waals surface area (Å²) in [5.74, 6) is 0. The lowest BCUT2D eigenvalue weighted by molar-refractivity contribution is -0.00517. The van der Waals surface area contributed by atoms with Gasteiger partial charge < -0.3 is 19.9 Å². The second kappa shape index (κ2) is 10.4. The van der Waals surface area contributed by atoms with Crippen LogP contribution in [0.25, 0.3) is 0 Å². The van der Waals surface area contributed by atoms with Gasteiger partial charge in [0.05, 0.1) is 23.6 Å². The first kappa shape index (κ1) is 22.6. The third kappa shape index (κ3) is 5.43. The van der Waals surface area contributed by atoms with Crippen molar-refractivity contribution in [2.45, 2.75) is 52.0 Å². The van der Waals surface area contributed by atoms with Gasteiger partial charge in [0, 0.05) is 45.3 Å². The predicted molar refractivity (Wildman–Crippen MR) is 130 cm³/mol. The SMILES string of the molecule is CCN(C(=O)Nc1ccccc1N1C[C@@H](C)O[C@@H](C)C1)[C@H]1CCN(Cc2ccccc2)C1. The molecule has 0 bridgehead atoms. The zero-order valence-electron chi connectivity index (χ0n) is 19.5. The van der Waals surface area contributed by atoms with Crippen molar-refractivity contribution < 1.29 is 9.53 Å². The number of para-hydroxylation sites is 2. The maximum Gasteiger partial charge on any atom is 0.322 e. The molecule has 172 valence electrons. The molecule has 2 aromatic rings. The maximum atomic E-state index is 13.3. The number of amides is 2. The molecule has 2 aliphatic rings. The van der Waals surface area contributed by atoms with Crippen LogP contribution < -0.4 is 10.2 Å². The molecule has 3 atom stereocenters. The van der Waals surface area contributed by atoms with Crippen molar-refractivity contribution in [3.63, 3.8) is 0 Å². The first-order valence-corrected chi connectivity index (χ1v) is 11.9. The van der Waals surface area contributed by atoms with Gasteiger partial charge in [-0.25, -0.2) is 4.79 Å². The second-order valence-electron chi connectivity index (χ2n) is 9.06. The molecule has 1 N–H and O–H groups in total. The Bertz CT molecular complexity index is 880. The van der Waals surface area contributed by atoms with Crippen LogP contribution in [-0.4, -0.2) is 66.8 Å². The van der Waals surface area contributed by atoms with Crippen LogP contribution in [0.3, 0.4) is 0 Å². The molecule has 2 aliphatic heterocycles. The van der Waals surface area contributed by atoms with Crippen LogP contribution in [-0.2, 0) is 11.3 Å². The highest BCUT2D eigenvalue weighted by Gasteiger charge is 2.31. The molecular formula is C26H36N4O2. The molecule has 0 saturated carbocycles. The molecule has 32 heavy (non-hydrogen) atoms. The normalized spacial score (nSPS) is 23.8. The minimum atomic E-state index is -0.0131. The van der Waals surface area contributed by atoms with E-state index in [1.165, 1.54) is 5.56 Å². The van der Waals surface area contributed by atoms with E-state index in [0.29, 0.717) is 6.54 Å². The van der Waals surface area contributed by atoms with Crippen molar-refractivity contribution in [3.8, 4) is 0 Å². The summed E-state index contributed by atoms with van der Waals surface area (Å²) in [6, 6.07) is 18.9. The molecule has 0 aliphatic carbocycles. The average Bonchev–Trinajstić information content (AvgIpc) is 3.22. The number of rotatable bonds is 6. The van der Waals surface area contributed by atoms with Gasteiger partial charge in [-0.3, -0.25) is 4.90 Å². The number of benzene rings is 2. The van der Waals surface area contributed by atoms with Crippen LogP contribution in [0.4, 0.5) is 16.2 Å². The monoisotopic (exact) mass is 436 g/mol. The molecule has 6 heteroatoms. The number of carbonyl (C=O) groups excluding carboxylic acids is 1. The van der Waals surface area contributed by atoms with E-state index in [0.717, 1.165) is 50.5 Å². The summed E-state index contributed by atoms with van der Waals surface area (Å²) in [4.78, 5) is 20.1. The molecule has 6 nitrogen and oxygen atoms in total. The van der Waals surface area contributed by atoms with Gasteiger partial charge >= 0.3 is 6.03 Å². The average molecular weight is 437 g/mol. The summed E-state index contributed by atoms with van der Waals surface area (Å²) in [6.07, 6.45) is 1.35. The Labute approximate surface area is 192 Å². The highest BCUT2D eigenvalue weighted by Crippen LogP contribution is 2.29. The van der Waals surface area contributed by atoms with Crippen LogP contribution in [0.5, 0.6) is 0 Å². The lowest BCUT2D eigenvalue weighted by Crippen LogP contribution is -2.46. The Morgan fingerprint density at radius 3 is 2.44 bits per heavy atom. The molecule has 2 fully saturated rings. The number of likely N-dealkylation sites (tertiary alicyclic amines) is 1. The van der Waals surface area contributed by atoms with Crippen LogP contribution in [0, 0.1) is 0 Å². The van der Waals surface area contributed by atoms with E-state index in [-0.39, 0.29) is 24.3 Å². The van der Waals surface area contributed by atoms with Gasteiger partial charge in [-0.15, -0.1) is 0 Å². The van der Waals surface area contributed by atoms with Crippen molar-refractivity contribution in [3.05, 3.63) is 60.2 Å². The summed E-state index contributed by atoms with van der Waals surface area (Å²) in [6.45, 7) is 11.5. The van der Waals surface area contributed by atoms with Gasteiger partial charge in [0.25, 0.3) is 0 Å². The van der Waals surface area contributed by atoms with Gasteiger partial charge in [0.15, 0.2) is 0 Å². The summed E-state index contributed by atoms with van der Waals surface area (Å²) >= 11 is 0. The van der Waals surface area contributed by atoms with Crippen molar-refractivity contribution in [1.29, 1.82) is 0 Å². The third-order valence-corrected chi connectivity index (χ3v) is 6.44. The number of hydrogen-bond acceptors (Lipinski definition) is 4. The van der Waals surface area contributed by atoms with Gasteiger partial charge in [-0.05, 0) is 44.9 Å².